The third kappa shape index (κ3) is 2.02. The molecule has 4 atom stereocenters. The van der Waals surface area contributed by atoms with Crippen LogP contribution < -0.4 is 11.4 Å². The lowest BCUT2D eigenvalue weighted by Crippen LogP contribution is -2.34. The Morgan fingerprint density at radius 1 is 1.65 bits per heavy atom. The van der Waals surface area contributed by atoms with E-state index in [1.54, 1.807) is 0 Å². The Labute approximate surface area is 95.3 Å². The predicted octanol–water partition coefficient (Wildman–Crippen LogP) is -1.59. The zero-order valence-electron chi connectivity index (χ0n) is 8.73. The minimum Gasteiger partial charge on any atom is -0.394 e. The first-order valence-corrected chi connectivity index (χ1v) is 4.97. The van der Waals surface area contributed by atoms with E-state index in [1.807, 2.05) is 0 Å². The third-order valence-electron chi connectivity index (χ3n) is 2.59. The topological polar surface area (TPSA) is 111 Å². The van der Waals surface area contributed by atoms with Gasteiger partial charge in [0.15, 0.2) is 12.4 Å². The Hall–Kier alpha value is -1.51. The molecule has 8 heteroatoms. The second kappa shape index (κ2) is 4.40. The number of nitrogen functional groups attached to an aromatic ring is 1. The van der Waals surface area contributed by atoms with E-state index in [0.717, 1.165) is 4.57 Å². The maximum atomic E-state index is 13.4. The fourth-order valence-electron chi connectivity index (χ4n) is 1.71. The molecular formula is C9H12FN3O4. The highest BCUT2D eigenvalue weighted by Gasteiger charge is 2.45. The van der Waals surface area contributed by atoms with Crippen molar-refractivity contribution in [2.45, 2.75) is 24.6 Å². The minimum absolute atomic E-state index is 0.0224. The first-order chi connectivity index (χ1) is 8.04. The molecule has 0 aromatic carbocycles. The van der Waals surface area contributed by atoms with Crippen LogP contribution in [0.25, 0.3) is 0 Å². The molecule has 1 aromatic heterocycles. The molecule has 0 bridgehead atoms. The lowest BCUT2D eigenvalue weighted by atomic mass is 10.1. The quantitative estimate of drug-likeness (QED) is 0.579. The zero-order chi connectivity index (χ0) is 12.6. The molecule has 4 N–H and O–H groups in total. The van der Waals surface area contributed by atoms with Gasteiger partial charge in [0.25, 0.3) is 0 Å². The van der Waals surface area contributed by atoms with Crippen molar-refractivity contribution in [1.29, 1.82) is 0 Å². The number of aromatic nitrogens is 2. The summed E-state index contributed by atoms with van der Waals surface area (Å²) in [5.74, 6) is 0.0224. The minimum atomic E-state index is -1.76. The van der Waals surface area contributed by atoms with Crippen LogP contribution in [0.1, 0.15) is 6.23 Å². The van der Waals surface area contributed by atoms with Crippen LogP contribution in [0, 0.1) is 0 Å². The number of hydrogen-bond acceptors (Lipinski definition) is 6. The van der Waals surface area contributed by atoms with Gasteiger partial charge in [0.2, 0.25) is 0 Å². The highest BCUT2D eigenvalue weighted by molar-refractivity contribution is 5.23. The molecule has 0 amide bonds. The highest BCUT2D eigenvalue weighted by Crippen LogP contribution is 2.30. The summed E-state index contributed by atoms with van der Waals surface area (Å²) in [4.78, 5) is 14.9. The SMILES string of the molecule is Nc1ccn([C@@H]2O[C@H](CO)[C@@H](F)[C@H]2O)c(=O)n1. The Kier molecular flexibility index (Phi) is 3.09. The van der Waals surface area contributed by atoms with E-state index in [4.69, 9.17) is 15.6 Å². The van der Waals surface area contributed by atoms with Gasteiger partial charge in [0.1, 0.15) is 18.0 Å². The maximum Gasteiger partial charge on any atom is 0.351 e. The summed E-state index contributed by atoms with van der Waals surface area (Å²) >= 11 is 0. The normalized spacial score (nSPS) is 32.9. The molecule has 1 aromatic rings. The van der Waals surface area contributed by atoms with Crippen LogP contribution in [0.5, 0.6) is 0 Å². The van der Waals surface area contributed by atoms with E-state index in [1.165, 1.54) is 12.3 Å². The van der Waals surface area contributed by atoms with Gasteiger partial charge >= 0.3 is 5.69 Å². The van der Waals surface area contributed by atoms with Crippen molar-refractivity contribution >= 4 is 5.82 Å². The Bertz CT molecular complexity index is 466. The average Bonchev–Trinajstić information content (AvgIpc) is 2.57. The molecule has 0 spiro atoms. The van der Waals surface area contributed by atoms with Gasteiger partial charge in [-0.1, -0.05) is 0 Å². The molecule has 0 unspecified atom stereocenters. The molecule has 1 aliphatic heterocycles. The molecule has 2 rings (SSSR count). The summed E-state index contributed by atoms with van der Waals surface area (Å²) < 4.78 is 19.4. The fraction of sp³-hybridized carbons (Fsp3) is 0.556. The van der Waals surface area contributed by atoms with E-state index < -0.39 is 36.9 Å². The van der Waals surface area contributed by atoms with Crippen molar-refractivity contribution in [1.82, 2.24) is 9.55 Å². The summed E-state index contributed by atoms with van der Waals surface area (Å²) in [6.45, 7) is -0.578. The van der Waals surface area contributed by atoms with Gasteiger partial charge in [-0.25, -0.2) is 9.18 Å². The van der Waals surface area contributed by atoms with E-state index in [-0.39, 0.29) is 5.82 Å². The Morgan fingerprint density at radius 2 is 2.35 bits per heavy atom. The first-order valence-electron chi connectivity index (χ1n) is 4.97. The monoisotopic (exact) mass is 245 g/mol. The summed E-state index contributed by atoms with van der Waals surface area (Å²) in [6.07, 6.45) is -4.39. The lowest BCUT2D eigenvalue weighted by molar-refractivity contribution is -0.0536. The van der Waals surface area contributed by atoms with Gasteiger partial charge in [-0.05, 0) is 6.07 Å². The molecule has 2 heterocycles. The van der Waals surface area contributed by atoms with Gasteiger partial charge in [-0.3, -0.25) is 4.57 Å². The average molecular weight is 245 g/mol. The lowest BCUT2D eigenvalue weighted by Gasteiger charge is -2.16. The van der Waals surface area contributed by atoms with E-state index >= 15 is 0 Å². The van der Waals surface area contributed by atoms with Crippen LogP contribution in [-0.2, 0) is 4.74 Å². The summed E-state index contributed by atoms with van der Waals surface area (Å²) in [5, 5.41) is 18.4. The maximum absolute atomic E-state index is 13.4. The van der Waals surface area contributed by atoms with Crippen molar-refractivity contribution in [2.24, 2.45) is 0 Å². The number of halogens is 1. The highest BCUT2D eigenvalue weighted by atomic mass is 19.1. The standard InChI is InChI=1S/C9H12FN3O4/c10-6-4(3-14)17-8(7(6)15)13-2-1-5(11)12-9(13)16/h1-2,4,6-8,14-15H,3H2,(H2,11,12,16)/t4-,6-,7-,8-/m1/s1. The van der Waals surface area contributed by atoms with Gasteiger partial charge in [0.05, 0.1) is 6.61 Å². The van der Waals surface area contributed by atoms with Gasteiger partial charge in [-0.15, -0.1) is 0 Å². The second-order valence-corrected chi connectivity index (χ2v) is 3.72. The Morgan fingerprint density at radius 3 is 2.88 bits per heavy atom. The molecule has 94 valence electrons. The number of aliphatic hydroxyl groups excluding tert-OH is 2. The van der Waals surface area contributed by atoms with E-state index in [2.05, 4.69) is 4.98 Å². The predicted molar refractivity (Wildman–Crippen MR) is 54.8 cm³/mol. The van der Waals surface area contributed by atoms with E-state index in [0.29, 0.717) is 0 Å². The summed E-state index contributed by atoms with van der Waals surface area (Å²) in [5.41, 5.74) is 4.55. The largest absolute Gasteiger partial charge is 0.394 e. The molecule has 1 fully saturated rings. The van der Waals surface area contributed by atoms with Crippen molar-refractivity contribution in [2.75, 3.05) is 12.3 Å². The smallest absolute Gasteiger partial charge is 0.351 e. The molecule has 0 radical (unpaired) electrons. The molecule has 0 aliphatic carbocycles. The van der Waals surface area contributed by atoms with Gasteiger partial charge in [0, 0.05) is 6.20 Å². The summed E-state index contributed by atoms with van der Waals surface area (Å²) in [6, 6.07) is 1.33. The number of ether oxygens (including phenoxy) is 1. The molecule has 0 saturated carbocycles. The molecule has 7 nitrogen and oxygen atoms in total. The molecular weight excluding hydrogens is 233 g/mol. The first kappa shape index (κ1) is 12.0. The summed E-state index contributed by atoms with van der Waals surface area (Å²) in [7, 11) is 0. The van der Waals surface area contributed by atoms with Crippen molar-refractivity contribution in [3.05, 3.63) is 22.7 Å². The zero-order valence-corrected chi connectivity index (χ0v) is 8.73. The van der Waals surface area contributed by atoms with Gasteiger partial charge in [-0.2, -0.15) is 4.98 Å². The van der Waals surface area contributed by atoms with Crippen LogP contribution in [0.4, 0.5) is 10.2 Å². The van der Waals surface area contributed by atoms with Crippen LogP contribution in [0.3, 0.4) is 0 Å². The molecule has 17 heavy (non-hydrogen) atoms. The number of nitrogens with two attached hydrogens (primary N) is 1. The van der Waals surface area contributed by atoms with Crippen molar-refractivity contribution in [3.63, 3.8) is 0 Å². The van der Waals surface area contributed by atoms with Crippen LogP contribution in [-0.4, -0.2) is 44.8 Å². The molecule has 1 saturated heterocycles. The van der Waals surface area contributed by atoms with Crippen LogP contribution >= 0.6 is 0 Å². The molecule has 1 aliphatic rings. The second-order valence-electron chi connectivity index (χ2n) is 3.72. The number of rotatable bonds is 2. The van der Waals surface area contributed by atoms with Crippen LogP contribution in [0.2, 0.25) is 0 Å². The number of hydrogen-bond donors (Lipinski definition) is 3. The number of alkyl halides is 1. The Balaban J connectivity index is 2.32. The fourth-order valence-corrected chi connectivity index (χ4v) is 1.71. The van der Waals surface area contributed by atoms with Crippen molar-refractivity contribution < 1.29 is 19.3 Å². The van der Waals surface area contributed by atoms with Gasteiger partial charge < -0.3 is 20.7 Å². The third-order valence-corrected chi connectivity index (χ3v) is 2.59. The number of anilines is 1. The van der Waals surface area contributed by atoms with Crippen molar-refractivity contribution in [3.8, 4) is 0 Å². The van der Waals surface area contributed by atoms with E-state index in [9.17, 15) is 14.3 Å². The number of aliphatic hydroxyl groups is 2. The van der Waals surface area contributed by atoms with Crippen LogP contribution in [0.15, 0.2) is 17.1 Å². The number of nitrogens with zero attached hydrogens (tertiary/aromatic N) is 2.